The molecule has 0 aromatic carbocycles. The van der Waals surface area contributed by atoms with Gasteiger partial charge in [-0.05, 0) is 19.3 Å². The fourth-order valence-electron chi connectivity index (χ4n) is 4.36. The standard InChI is InChI=1S/C18H37FN6O6/c19-11-15(30-17-7(21)2-1-6(4-20)28-17)8(22)3-9(23)16(11)31-18-13(25)12(24)14(27)10(5-26)29-18/h6-18,26-27H,1-5,20-25H2/t6-,7+,8-,9+,10+,11+,12+,13-,14+,15+,16-,17+,18+/m0/s1. The number of aliphatic hydroxyl groups is 2. The zero-order valence-corrected chi connectivity index (χ0v) is 17.4. The molecule has 2 heterocycles. The van der Waals surface area contributed by atoms with Crippen molar-refractivity contribution in [2.24, 2.45) is 34.4 Å². The SMILES string of the molecule is NC[C@@H]1CC[C@@H](N)[C@@H](O[C@H]2[C@@H](F)[C@@H](O[C@H]3O[C@H](CO)[C@@H](O)[C@H](N)[C@@H]3N)[C@H](N)C[C@@H]2N)O1. The number of hydrogen-bond acceptors (Lipinski definition) is 12. The Kier molecular flexibility index (Phi) is 8.57. The molecule has 0 aromatic rings. The van der Waals surface area contributed by atoms with E-state index in [0.717, 1.165) is 0 Å². The molecule has 14 N–H and O–H groups in total. The topological polar surface area (TPSA) is 234 Å². The molecule has 13 atom stereocenters. The average molecular weight is 453 g/mol. The summed E-state index contributed by atoms with van der Waals surface area (Å²) in [4.78, 5) is 0. The molecule has 1 saturated carbocycles. The first-order valence-electron chi connectivity index (χ1n) is 10.7. The van der Waals surface area contributed by atoms with Gasteiger partial charge in [0.1, 0.15) is 18.3 Å². The van der Waals surface area contributed by atoms with Gasteiger partial charge in [0.15, 0.2) is 18.8 Å². The molecule has 3 fully saturated rings. The highest BCUT2D eigenvalue weighted by Crippen LogP contribution is 2.31. The molecule has 0 amide bonds. The highest BCUT2D eigenvalue weighted by Gasteiger charge is 2.50. The van der Waals surface area contributed by atoms with Crippen LogP contribution in [0.3, 0.4) is 0 Å². The van der Waals surface area contributed by atoms with Crippen LogP contribution >= 0.6 is 0 Å². The molecule has 2 aliphatic heterocycles. The van der Waals surface area contributed by atoms with E-state index in [1.165, 1.54) is 0 Å². The Morgan fingerprint density at radius 1 is 0.871 bits per heavy atom. The van der Waals surface area contributed by atoms with Crippen molar-refractivity contribution in [3.05, 3.63) is 0 Å². The van der Waals surface area contributed by atoms with Gasteiger partial charge in [-0.15, -0.1) is 0 Å². The van der Waals surface area contributed by atoms with E-state index in [4.69, 9.17) is 53.3 Å². The van der Waals surface area contributed by atoms with Gasteiger partial charge in [0.25, 0.3) is 0 Å². The lowest BCUT2D eigenvalue weighted by atomic mass is 9.85. The molecule has 0 bridgehead atoms. The van der Waals surface area contributed by atoms with Crippen LogP contribution in [-0.2, 0) is 18.9 Å². The molecular weight excluding hydrogens is 415 g/mol. The fraction of sp³-hybridized carbons (Fsp3) is 1.00. The second kappa shape index (κ2) is 10.6. The van der Waals surface area contributed by atoms with E-state index < -0.39 is 80.0 Å². The van der Waals surface area contributed by atoms with Crippen molar-refractivity contribution in [1.82, 2.24) is 0 Å². The average Bonchev–Trinajstić information content (AvgIpc) is 2.75. The fourth-order valence-corrected chi connectivity index (χ4v) is 4.36. The predicted octanol–water partition coefficient (Wildman–Crippen LogP) is -4.32. The third kappa shape index (κ3) is 5.34. The summed E-state index contributed by atoms with van der Waals surface area (Å²) in [6.07, 6.45) is -6.96. The normalized spacial score (nSPS) is 51.6. The van der Waals surface area contributed by atoms with Crippen molar-refractivity contribution in [1.29, 1.82) is 0 Å². The van der Waals surface area contributed by atoms with Crippen LogP contribution < -0.4 is 34.4 Å². The maximum Gasteiger partial charge on any atom is 0.175 e. The molecule has 1 aliphatic carbocycles. The van der Waals surface area contributed by atoms with Crippen molar-refractivity contribution in [2.45, 2.75) is 98.7 Å². The van der Waals surface area contributed by atoms with Crippen LogP contribution in [0.25, 0.3) is 0 Å². The van der Waals surface area contributed by atoms with Gasteiger partial charge >= 0.3 is 0 Å². The van der Waals surface area contributed by atoms with Crippen molar-refractivity contribution in [3.8, 4) is 0 Å². The third-order valence-corrected chi connectivity index (χ3v) is 6.38. The lowest BCUT2D eigenvalue weighted by Gasteiger charge is -2.47. The highest BCUT2D eigenvalue weighted by molar-refractivity contribution is 5.01. The molecule has 31 heavy (non-hydrogen) atoms. The molecule has 0 spiro atoms. The monoisotopic (exact) mass is 452 g/mol. The van der Waals surface area contributed by atoms with Gasteiger partial charge in [0.05, 0.1) is 36.9 Å². The molecule has 3 rings (SSSR count). The maximum absolute atomic E-state index is 15.6. The van der Waals surface area contributed by atoms with Crippen molar-refractivity contribution >= 4 is 0 Å². The van der Waals surface area contributed by atoms with Crippen molar-refractivity contribution in [2.75, 3.05) is 13.2 Å². The first kappa shape index (κ1) is 25.1. The Morgan fingerprint density at radius 3 is 2.06 bits per heavy atom. The van der Waals surface area contributed by atoms with Gasteiger partial charge in [0.2, 0.25) is 0 Å². The number of halogens is 1. The van der Waals surface area contributed by atoms with E-state index >= 15 is 4.39 Å². The zero-order valence-electron chi connectivity index (χ0n) is 17.4. The van der Waals surface area contributed by atoms with Crippen LogP contribution in [0.4, 0.5) is 4.39 Å². The Morgan fingerprint density at radius 2 is 1.48 bits per heavy atom. The van der Waals surface area contributed by atoms with E-state index in [0.29, 0.717) is 19.4 Å². The molecule has 2 saturated heterocycles. The van der Waals surface area contributed by atoms with Crippen LogP contribution in [-0.4, -0.2) is 103 Å². The van der Waals surface area contributed by atoms with Gasteiger partial charge in [-0.2, -0.15) is 0 Å². The lowest BCUT2D eigenvalue weighted by Crippen LogP contribution is -2.69. The minimum absolute atomic E-state index is 0.206. The smallest absolute Gasteiger partial charge is 0.175 e. The van der Waals surface area contributed by atoms with Gasteiger partial charge in [-0.25, -0.2) is 4.39 Å². The minimum Gasteiger partial charge on any atom is -0.394 e. The third-order valence-electron chi connectivity index (χ3n) is 6.38. The van der Waals surface area contributed by atoms with Gasteiger partial charge in [-0.1, -0.05) is 0 Å². The summed E-state index contributed by atoms with van der Waals surface area (Å²) >= 11 is 0. The summed E-state index contributed by atoms with van der Waals surface area (Å²) < 4.78 is 38.4. The van der Waals surface area contributed by atoms with Crippen LogP contribution in [0.1, 0.15) is 19.3 Å². The second-order valence-electron chi connectivity index (χ2n) is 8.68. The molecular formula is C18H37FN6O6. The minimum atomic E-state index is -1.74. The first-order chi connectivity index (χ1) is 14.7. The quantitative estimate of drug-likeness (QED) is 0.191. The number of nitrogens with two attached hydrogens (primary N) is 6. The van der Waals surface area contributed by atoms with E-state index in [-0.39, 0.29) is 12.5 Å². The van der Waals surface area contributed by atoms with Crippen LogP contribution in [0.5, 0.6) is 0 Å². The van der Waals surface area contributed by atoms with Crippen molar-refractivity contribution in [3.63, 3.8) is 0 Å². The van der Waals surface area contributed by atoms with Crippen molar-refractivity contribution < 1.29 is 33.6 Å². The number of ether oxygens (including phenoxy) is 4. The molecule has 0 radical (unpaired) electrons. The number of rotatable bonds is 6. The summed E-state index contributed by atoms with van der Waals surface area (Å²) in [5.74, 6) is 0. The van der Waals surface area contributed by atoms with Gasteiger partial charge in [0, 0.05) is 18.6 Å². The van der Waals surface area contributed by atoms with Gasteiger partial charge < -0.3 is 63.6 Å². The van der Waals surface area contributed by atoms with E-state index in [1.54, 1.807) is 0 Å². The Bertz CT molecular complexity index is 582. The summed E-state index contributed by atoms with van der Waals surface area (Å²) in [6, 6.07) is -3.84. The molecule has 182 valence electrons. The first-order valence-corrected chi connectivity index (χ1v) is 10.7. The molecule has 0 aromatic heterocycles. The lowest BCUT2D eigenvalue weighted by molar-refractivity contribution is -0.286. The Hall–Kier alpha value is -0.550. The summed E-state index contributed by atoms with van der Waals surface area (Å²) in [5, 5.41) is 19.5. The van der Waals surface area contributed by atoms with Crippen LogP contribution in [0.15, 0.2) is 0 Å². The largest absolute Gasteiger partial charge is 0.394 e. The second-order valence-corrected chi connectivity index (χ2v) is 8.68. The number of aliphatic hydroxyl groups excluding tert-OH is 2. The molecule has 3 aliphatic rings. The summed E-state index contributed by atoms with van der Waals surface area (Å²) in [7, 11) is 0. The number of alkyl halides is 1. The molecule has 0 unspecified atom stereocenters. The number of hydrogen-bond donors (Lipinski definition) is 8. The van der Waals surface area contributed by atoms with Gasteiger partial charge in [-0.3, -0.25) is 0 Å². The summed E-state index contributed by atoms with van der Waals surface area (Å²) in [5.41, 5.74) is 35.9. The van der Waals surface area contributed by atoms with Crippen LogP contribution in [0.2, 0.25) is 0 Å². The van der Waals surface area contributed by atoms with E-state index in [2.05, 4.69) is 0 Å². The van der Waals surface area contributed by atoms with E-state index in [1.807, 2.05) is 0 Å². The maximum atomic E-state index is 15.6. The Labute approximate surface area is 180 Å². The molecule has 13 heteroatoms. The zero-order chi connectivity index (χ0) is 22.9. The molecule has 12 nitrogen and oxygen atoms in total. The highest BCUT2D eigenvalue weighted by atomic mass is 19.1. The predicted molar refractivity (Wildman–Crippen MR) is 108 cm³/mol. The summed E-state index contributed by atoms with van der Waals surface area (Å²) in [6.45, 7) is -0.207. The Balaban J connectivity index is 1.69. The van der Waals surface area contributed by atoms with Crippen LogP contribution in [0, 0.1) is 0 Å². The van der Waals surface area contributed by atoms with E-state index in [9.17, 15) is 10.2 Å².